The Morgan fingerprint density at radius 3 is 2.38 bits per heavy atom. The van der Waals surface area contributed by atoms with Crippen molar-refractivity contribution in [1.29, 1.82) is 0 Å². The molecule has 0 aliphatic rings. The summed E-state index contributed by atoms with van der Waals surface area (Å²) in [5.74, 6) is 0.381. The van der Waals surface area contributed by atoms with E-state index in [0.717, 1.165) is 17.4 Å². The summed E-state index contributed by atoms with van der Waals surface area (Å²) in [5, 5.41) is 0. The number of benzene rings is 1. The van der Waals surface area contributed by atoms with Crippen molar-refractivity contribution in [1.82, 2.24) is 0 Å². The Hall–Kier alpha value is -1.57. The number of carbonyl (C=O) groups is 1. The minimum absolute atomic E-state index is 0.381. The third kappa shape index (κ3) is 2.18. The lowest BCUT2D eigenvalue weighted by Crippen LogP contribution is -1.92. The van der Waals surface area contributed by atoms with Crippen LogP contribution < -0.4 is 0 Å². The van der Waals surface area contributed by atoms with Crippen LogP contribution in [0.15, 0.2) is 36.1 Å². The molecule has 0 unspecified atom stereocenters. The minimum Gasteiger partial charge on any atom is -0.493 e. The molecule has 0 atom stereocenters. The average Bonchev–Trinajstić information content (AvgIpc) is 2.21. The van der Waals surface area contributed by atoms with E-state index in [-0.39, 0.29) is 0 Å². The maximum atomic E-state index is 10.6. The van der Waals surface area contributed by atoms with Gasteiger partial charge in [0.25, 0.3) is 0 Å². The molecule has 0 saturated carbocycles. The summed E-state index contributed by atoms with van der Waals surface area (Å²) in [5.41, 5.74) is 1.87. The fourth-order valence-corrected chi connectivity index (χ4v) is 1.12. The Kier molecular flexibility index (Phi) is 3.26. The van der Waals surface area contributed by atoms with Gasteiger partial charge in [0.15, 0.2) is 12.0 Å². The Labute approximate surface area is 77.8 Å². The zero-order chi connectivity index (χ0) is 9.68. The number of hydrogen-bond acceptors (Lipinski definition) is 2. The molecule has 0 aliphatic carbocycles. The van der Waals surface area contributed by atoms with Crippen LogP contribution in [-0.4, -0.2) is 13.4 Å². The van der Waals surface area contributed by atoms with Crippen molar-refractivity contribution in [3.63, 3.8) is 0 Å². The molecule has 0 amide bonds. The van der Waals surface area contributed by atoms with E-state index in [4.69, 9.17) is 4.74 Å². The lowest BCUT2D eigenvalue weighted by Gasteiger charge is -2.04. The van der Waals surface area contributed by atoms with Gasteiger partial charge < -0.3 is 4.74 Å². The summed E-state index contributed by atoms with van der Waals surface area (Å²) in [6.45, 7) is 1.86. The van der Waals surface area contributed by atoms with Crippen LogP contribution in [-0.2, 0) is 9.53 Å². The average molecular weight is 176 g/mol. The van der Waals surface area contributed by atoms with Gasteiger partial charge in [-0.3, -0.25) is 4.79 Å². The van der Waals surface area contributed by atoms with Crippen LogP contribution in [0.1, 0.15) is 12.5 Å². The van der Waals surface area contributed by atoms with E-state index in [1.165, 1.54) is 7.11 Å². The van der Waals surface area contributed by atoms with Gasteiger partial charge in [-0.15, -0.1) is 0 Å². The van der Waals surface area contributed by atoms with Gasteiger partial charge in [0, 0.05) is 5.57 Å². The molecule has 0 bridgehead atoms. The van der Waals surface area contributed by atoms with Crippen LogP contribution in [0.5, 0.6) is 0 Å². The smallest absolute Gasteiger partial charge is 0.184 e. The van der Waals surface area contributed by atoms with Gasteiger partial charge in [-0.2, -0.15) is 0 Å². The van der Waals surface area contributed by atoms with Crippen molar-refractivity contribution in [2.75, 3.05) is 7.11 Å². The molecule has 68 valence electrons. The highest BCUT2D eigenvalue weighted by molar-refractivity contribution is 5.84. The molecule has 0 spiro atoms. The first-order valence-electron chi connectivity index (χ1n) is 4.05. The summed E-state index contributed by atoms with van der Waals surface area (Å²) in [6, 6.07) is 9.67. The molecule has 2 heteroatoms. The maximum absolute atomic E-state index is 10.6. The van der Waals surface area contributed by atoms with Crippen molar-refractivity contribution in [2.45, 2.75) is 6.92 Å². The number of aldehydes is 1. The van der Waals surface area contributed by atoms with E-state index in [2.05, 4.69) is 0 Å². The van der Waals surface area contributed by atoms with Gasteiger partial charge in [0.2, 0.25) is 0 Å². The molecule has 0 radical (unpaired) electrons. The molecule has 1 aromatic rings. The molecular formula is C11H12O2. The van der Waals surface area contributed by atoms with E-state index >= 15 is 0 Å². The van der Waals surface area contributed by atoms with Crippen molar-refractivity contribution < 1.29 is 9.53 Å². The molecule has 0 aliphatic heterocycles. The number of carbonyl (C=O) groups excluding carboxylic acids is 1. The molecule has 13 heavy (non-hydrogen) atoms. The fraction of sp³-hybridized carbons (Fsp3) is 0.182. The molecule has 0 N–H and O–H groups in total. The Bertz CT molecular complexity index is 312. The highest BCUT2D eigenvalue weighted by Gasteiger charge is 2.02. The number of ether oxygens (including phenoxy) is 1. The summed E-state index contributed by atoms with van der Waals surface area (Å²) >= 11 is 0. The van der Waals surface area contributed by atoms with Crippen molar-refractivity contribution in [3.05, 3.63) is 41.7 Å². The second-order valence-corrected chi connectivity index (χ2v) is 2.68. The molecule has 2 nitrogen and oxygen atoms in total. The summed E-state index contributed by atoms with van der Waals surface area (Å²) in [7, 11) is 1.50. The molecule has 0 saturated heterocycles. The zero-order valence-electron chi connectivity index (χ0n) is 7.78. The van der Waals surface area contributed by atoms with Crippen molar-refractivity contribution >= 4 is 11.9 Å². The SMILES string of the molecule is CO/C(C=O)=C(/C)c1ccccc1. The number of hydrogen-bond donors (Lipinski definition) is 0. The van der Waals surface area contributed by atoms with E-state index in [1.807, 2.05) is 37.3 Å². The molecule has 0 fully saturated rings. The van der Waals surface area contributed by atoms with Crippen LogP contribution in [0.3, 0.4) is 0 Å². The highest BCUT2D eigenvalue weighted by atomic mass is 16.5. The van der Waals surface area contributed by atoms with E-state index in [0.29, 0.717) is 5.76 Å². The van der Waals surface area contributed by atoms with Crippen LogP contribution in [0.2, 0.25) is 0 Å². The normalized spacial score (nSPS) is 11.8. The summed E-state index contributed by atoms with van der Waals surface area (Å²) < 4.78 is 4.93. The molecule has 0 aromatic heterocycles. The Morgan fingerprint density at radius 2 is 1.92 bits per heavy atom. The monoisotopic (exact) mass is 176 g/mol. The van der Waals surface area contributed by atoms with Gasteiger partial charge >= 0.3 is 0 Å². The van der Waals surface area contributed by atoms with Crippen molar-refractivity contribution in [3.8, 4) is 0 Å². The molecular weight excluding hydrogens is 164 g/mol. The van der Waals surface area contributed by atoms with E-state index in [9.17, 15) is 4.79 Å². The summed E-state index contributed by atoms with van der Waals surface area (Å²) in [4.78, 5) is 10.6. The largest absolute Gasteiger partial charge is 0.493 e. The quantitative estimate of drug-likeness (QED) is 0.401. The zero-order valence-corrected chi connectivity index (χ0v) is 7.78. The van der Waals surface area contributed by atoms with E-state index < -0.39 is 0 Å². The van der Waals surface area contributed by atoms with Gasteiger partial charge in [-0.25, -0.2) is 0 Å². The van der Waals surface area contributed by atoms with Crippen LogP contribution >= 0.6 is 0 Å². The third-order valence-electron chi connectivity index (χ3n) is 1.90. The summed E-state index contributed by atoms with van der Waals surface area (Å²) in [6.07, 6.45) is 0.725. The fourth-order valence-electron chi connectivity index (χ4n) is 1.12. The first-order valence-corrected chi connectivity index (χ1v) is 4.05. The first-order chi connectivity index (χ1) is 6.29. The van der Waals surface area contributed by atoms with E-state index in [1.54, 1.807) is 0 Å². The molecule has 1 aromatic carbocycles. The van der Waals surface area contributed by atoms with Crippen LogP contribution in [0.4, 0.5) is 0 Å². The minimum atomic E-state index is 0.381. The first kappa shape index (κ1) is 9.52. The second-order valence-electron chi connectivity index (χ2n) is 2.68. The second kappa shape index (κ2) is 4.45. The van der Waals surface area contributed by atoms with Gasteiger partial charge in [-0.1, -0.05) is 30.3 Å². The molecule has 0 heterocycles. The number of rotatable bonds is 3. The lowest BCUT2D eigenvalue weighted by molar-refractivity contribution is -0.107. The third-order valence-corrected chi connectivity index (χ3v) is 1.90. The maximum Gasteiger partial charge on any atom is 0.184 e. The number of allylic oxidation sites excluding steroid dienone is 2. The lowest BCUT2D eigenvalue weighted by atomic mass is 10.1. The van der Waals surface area contributed by atoms with Gasteiger partial charge in [0.05, 0.1) is 7.11 Å². The van der Waals surface area contributed by atoms with Gasteiger partial charge in [0.1, 0.15) is 0 Å². The predicted octanol–water partition coefficient (Wildman–Crippen LogP) is 2.26. The Morgan fingerprint density at radius 1 is 1.31 bits per heavy atom. The topological polar surface area (TPSA) is 26.3 Å². The predicted molar refractivity (Wildman–Crippen MR) is 52.1 cm³/mol. The Balaban J connectivity index is 3.08. The van der Waals surface area contributed by atoms with Crippen LogP contribution in [0.25, 0.3) is 5.57 Å². The number of methoxy groups -OCH3 is 1. The highest BCUT2D eigenvalue weighted by Crippen LogP contribution is 2.16. The van der Waals surface area contributed by atoms with Gasteiger partial charge in [-0.05, 0) is 12.5 Å². The van der Waals surface area contributed by atoms with Crippen molar-refractivity contribution in [2.24, 2.45) is 0 Å². The van der Waals surface area contributed by atoms with Crippen LogP contribution in [0, 0.1) is 0 Å². The standard InChI is InChI=1S/C11H12O2/c1-9(11(8-12)13-2)10-6-4-3-5-7-10/h3-8H,1-2H3/b11-9-. The molecule has 1 rings (SSSR count).